The van der Waals surface area contributed by atoms with E-state index in [1.807, 2.05) is 54.6 Å². The Hall–Kier alpha value is -3.52. The zero-order chi connectivity index (χ0) is 25.4. The maximum atomic E-state index is 13.0. The summed E-state index contributed by atoms with van der Waals surface area (Å²) in [5, 5.41) is 3.01. The van der Waals surface area contributed by atoms with Gasteiger partial charge in [-0.15, -0.1) is 0 Å². The summed E-state index contributed by atoms with van der Waals surface area (Å²) < 4.78 is 37.2. The molecule has 0 fully saturated rings. The lowest BCUT2D eigenvalue weighted by Crippen LogP contribution is -2.41. The molecule has 7 nitrogen and oxygen atoms in total. The molecule has 0 saturated heterocycles. The van der Waals surface area contributed by atoms with E-state index in [4.69, 9.17) is 9.47 Å². The van der Waals surface area contributed by atoms with Crippen LogP contribution in [0.5, 0.6) is 17.2 Å². The van der Waals surface area contributed by atoms with Crippen LogP contribution in [0.25, 0.3) is 0 Å². The molecule has 0 aliphatic heterocycles. The van der Waals surface area contributed by atoms with Gasteiger partial charge < -0.3 is 14.8 Å². The number of carbonyl (C=O) groups excluding carboxylic acids is 1. The number of hydrogen-bond acceptors (Lipinski definition) is 5. The summed E-state index contributed by atoms with van der Waals surface area (Å²) in [5.41, 5.74) is 1.31. The molecular formula is C27H32N2O5S. The van der Waals surface area contributed by atoms with Gasteiger partial charge in [-0.25, -0.2) is 8.42 Å². The second-order valence-electron chi connectivity index (χ2n) is 8.70. The van der Waals surface area contributed by atoms with Crippen molar-refractivity contribution < 1.29 is 22.7 Å². The van der Waals surface area contributed by atoms with E-state index >= 15 is 0 Å². The second-order valence-corrected chi connectivity index (χ2v) is 10.6. The highest BCUT2D eigenvalue weighted by Crippen LogP contribution is 2.26. The Morgan fingerprint density at radius 3 is 2.00 bits per heavy atom. The topological polar surface area (TPSA) is 84.9 Å². The van der Waals surface area contributed by atoms with Crippen molar-refractivity contribution in [1.82, 2.24) is 5.32 Å². The molecule has 3 rings (SSSR count). The lowest BCUT2D eigenvalue weighted by molar-refractivity contribution is -0.120. The van der Waals surface area contributed by atoms with Crippen LogP contribution in [-0.2, 0) is 14.8 Å². The third-order valence-electron chi connectivity index (χ3n) is 5.35. The Kier molecular flexibility index (Phi) is 8.76. The van der Waals surface area contributed by atoms with Gasteiger partial charge in [0.2, 0.25) is 15.9 Å². The Balaban J connectivity index is 1.74. The van der Waals surface area contributed by atoms with Crippen molar-refractivity contribution in [3.05, 3.63) is 84.4 Å². The first-order chi connectivity index (χ1) is 16.7. The third-order valence-corrected chi connectivity index (χ3v) is 6.49. The highest BCUT2D eigenvalue weighted by Gasteiger charge is 2.23. The molecule has 0 unspecified atom stereocenters. The molecule has 0 spiro atoms. The number of benzene rings is 3. The number of carbonyl (C=O) groups is 1. The van der Waals surface area contributed by atoms with Gasteiger partial charge in [0.25, 0.3) is 0 Å². The number of amides is 1. The van der Waals surface area contributed by atoms with Gasteiger partial charge in [-0.3, -0.25) is 9.10 Å². The van der Waals surface area contributed by atoms with Crippen LogP contribution in [0.3, 0.4) is 0 Å². The first-order valence-electron chi connectivity index (χ1n) is 11.4. The van der Waals surface area contributed by atoms with E-state index in [9.17, 15) is 13.2 Å². The summed E-state index contributed by atoms with van der Waals surface area (Å²) in [4.78, 5) is 13.0. The van der Waals surface area contributed by atoms with Gasteiger partial charge >= 0.3 is 0 Å². The van der Waals surface area contributed by atoms with Crippen LogP contribution in [-0.4, -0.2) is 34.2 Å². The fourth-order valence-corrected chi connectivity index (χ4v) is 4.52. The minimum absolute atomic E-state index is 0.253. The molecule has 1 amide bonds. The van der Waals surface area contributed by atoms with Crippen LogP contribution in [0.15, 0.2) is 78.9 Å². The molecule has 0 aliphatic rings. The molecule has 0 heterocycles. The number of nitrogens with zero attached hydrogens (tertiary/aromatic N) is 1. The molecule has 0 saturated carbocycles. The molecule has 1 atom stereocenters. The smallest absolute Gasteiger partial charge is 0.241 e. The van der Waals surface area contributed by atoms with E-state index < -0.39 is 10.0 Å². The van der Waals surface area contributed by atoms with Gasteiger partial charge in [0.15, 0.2) is 0 Å². The third kappa shape index (κ3) is 7.75. The maximum Gasteiger partial charge on any atom is 0.241 e. The quantitative estimate of drug-likeness (QED) is 0.397. The van der Waals surface area contributed by atoms with E-state index in [1.165, 1.54) is 0 Å². The van der Waals surface area contributed by atoms with Crippen molar-refractivity contribution in [3.8, 4) is 17.2 Å². The summed E-state index contributed by atoms with van der Waals surface area (Å²) in [6.45, 7) is 3.82. The number of methoxy groups -OCH3 is 1. The number of nitrogens with one attached hydrogen (secondary N) is 1. The zero-order valence-electron chi connectivity index (χ0n) is 20.5. The van der Waals surface area contributed by atoms with Crippen molar-refractivity contribution in [2.75, 3.05) is 24.2 Å². The number of para-hydroxylation sites is 1. The van der Waals surface area contributed by atoms with E-state index in [0.717, 1.165) is 21.9 Å². The first kappa shape index (κ1) is 26.1. The predicted molar refractivity (Wildman–Crippen MR) is 138 cm³/mol. The molecule has 3 aromatic rings. The number of ether oxygens (including phenoxy) is 2. The first-order valence-corrected chi connectivity index (χ1v) is 13.2. The van der Waals surface area contributed by atoms with Crippen molar-refractivity contribution in [3.63, 3.8) is 0 Å². The second kappa shape index (κ2) is 11.8. The van der Waals surface area contributed by atoms with E-state index in [2.05, 4.69) is 19.2 Å². The Morgan fingerprint density at radius 2 is 1.46 bits per heavy atom. The van der Waals surface area contributed by atoms with Gasteiger partial charge in [0.05, 0.1) is 25.1 Å². The summed E-state index contributed by atoms with van der Waals surface area (Å²) in [6, 6.07) is 23.2. The largest absolute Gasteiger partial charge is 0.497 e. The highest BCUT2D eigenvalue weighted by molar-refractivity contribution is 7.92. The molecule has 0 aliphatic carbocycles. The summed E-state index contributed by atoms with van der Waals surface area (Å²) in [5.74, 6) is 1.90. The van der Waals surface area contributed by atoms with Crippen molar-refractivity contribution in [1.29, 1.82) is 0 Å². The van der Waals surface area contributed by atoms with Crippen molar-refractivity contribution in [2.24, 2.45) is 5.92 Å². The summed E-state index contributed by atoms with van der Waals surface area (Å²) >= 11 is 0. The Bertz CT molecular complexity index is 1190. The van der Waals surface area contributed by atoms with Crippen LogP contribution >= 0.6 is 0 Å². The van der Waals surface area contributed by atoms with E-state index in [1.54, 1.807) is 31.4 Å². The number of hydrogen-bond donors (Lipinski definition) is 1. The Labute approximate surface area is 207 Å². The SMILES string of the molecule is COc1ccc([C@H](CC(C)C)NC(=O)CN(c2ccc(Oc3ccccc3)cc2)S(C)(=O)=O)cc1. The minimum atomic E-state index is -3.70. The van der Waals surface area contributed by atoms with Gasteiger partial charge in [0.1, 0.15) is 23.8 Å². The molecule has 0 bridgehead atoms. The number of sulfonamides is 1. The lowest BCUT2D eigenvalue weighted by Gasteiger charge is -2.25. The molecule has 8 heteroatoms. The molecule has 0 radical (unpaired) electrons. The average Bonchev–Trinajstić information content (AvgIpc) is 2.82. The molecule has 3 aromatic carbocycles. The molecule has 1 N–H and O–H groups in total. The van der Waals surface area contributed by atoms with Crippen LogP contribution in [0.1, 0.15) is 31.9 Å². The maximum absolute atomic E-state index is 13.0. The average molecular weight is 497 g/mol. The van der Waals surface area contributed by atoms with Crippen LogP contribution in [0, 0.1) is 5.92 Å². The standard InChI is InChI=1S/C27H32N2O5S/c1-20(2)18-26(21-10-14-23(33-3)15-11-21)28-27(30)19-29(35(4,31)32)22-12-16-25(17-13-22)34-24-8-6-5-7-9-24/h5-17,20,26H,18-19H2,1-4H3,(H,28,30)/t26-/m0/s1. The van der Waals surface area contributed by atoms with E-state index in [0.29, 0.717) is 29.5 Å². The zero-order valence-corrected chi connectivity index (χ0v) is 21.3. The normalized spacial score (nSPS) is 12.1. The van der Waals surface area contributed by atoms with Crippen molar-refractivity contribution >= 4 is 21.6 Å². The predicted octanol–water partition coefficient (Wildman–Crippen LogP) is 5.16. The number of anilines is 1. The van der Waals surface area contributed by atoms with Gasteiger partial charge in [-0.2, -0.15) is 0 Å². The molecule has 186 valence electrons. The molecule has 0 aromatic heterocycles. The lowest BCUT2D eigenvalue weighted by atomic mass is 9.97. The fourth-order valence-electron chi connectivity index (χ4n) is 3.66. The van der Waals surface area contributed by atoms with Crippen molar-refractivity contribution in [2.45, 2.75) is 26.3 Å². The van der Waals surface area contributed by atoms with Crippen LogP contribution in [0.4, 0.5) is 5.69 Å². The molecular weight excluding hydrogens is 464 g/mol. The van der Waals surface area contributed by atoms with Crippen LogP contribution in [0.2, 0.25) is 0 Å². The Morgan fingerprint density at radius 1 is 0.886 bits per heavy atom. The monoisotopic (exact) mass is 496 g/mol. The number of rotatable bonds is 11. The molecule has 35 heavy (non-hydrogen) atoms. The van der Waals surface area contributed by atoms with Crippen LogP contribution < -0.4 is 19.1 Å². The summed E-state index contributed by atoms with van der Waals surface area (Å²) in [6.07, 6.45) is 1.80. The fraction of sp³-hybridized carbons (Fsp3) is 0.296. The minimum Gasteiger partial charge on any atom is -0.497 e. The van der Waals surface area contributed by atoms with Gasteiger partial charge in [-0.05, 0) is 66.4 Å². The summed E-state index contributed by atoms with van der Waals surface area (Å²) in [7, 11) is -2.10. The highest BCUT2D eigenvalue weighted by atomic mass is 32.2. The van der Waals surface area contributed by atoms with Gasteiger partial charge in [-0.1, -0.05) is 44.2 Å². The van der Waals surface area contributed by atoms with Gasteiger partial charge in [0, 0.05) is 0 Å². The van der Waals surface area contributed by atoms with E-state index in [-0.39, 0.29) is 18.5 Å².